The van der Waals surface area contributed by atoms with Gasteiger partial charge in [0.25, 0.3) is 0 Å². The van der Waals surface area contributed by atoms with Gasteiger partial charge in [-0.25, -0.2) is 9.97 Å². The molecule has 2 heterocycles. The fourth-order valence-corrected chi connectivity index (χ4v) is 2.43. The maximum Gasteiger partial charge on any atom is 0.137 e. The molecule has 0 spiro atoms. The zero-order valence-electron chi connectivity index (χ0n) is 10.9. The van der Waals surface area contributed by atoms with Gasteiger partial charge in [0.15, 0.2) is 0 Å². The number of nitrogens with zero attached hydrogens (tertiary/aromatic N) is 3. The summed E-state index contributed by atoms with van der Waals surface area (Å²) >= 11 is 0. The topological polar surface area (TPSA) is 41.1 Å². The molecule has 0 radical (unpaired) electrons. The maximum absolute atomic E-state index is 4.49. The fraction of sp³-hybridized carbons (Fsp3) is 0.692. The van der Waals surface area contributed by atoms with Gasteiger partial charge in [-0.15, -0.1) is 0 Å². The van der Waals surface area contributed by atoms with E-state index in [-0.39, 0.29) is 0 Å². The Morgan fingerprint density at radius 3 is 2.59 bits per heavy atom. The minimum Gasteiger partial charge on any atom is -0.370 e. The van der Waals surface area contributed by atoms with E-state index in [4.69, 9.17) is 0 Å². The summed E-state index contributed by atoms with van der Waals surface area (Å²) in [7, 11) is 0. The number of anilines is 2. The molecule has 0 aliphatic carbocycles. The van der Waals surface area contributed by atoms with Gasteiger partial charge in [0.2, 0.25) is 0 Å². The molecule has 1 aromatic heterocycles. The van der Waals surface area contributed by atoms with Crippen molar-refractivity contribution in [3.05, 3.63) is 11.9 Å². The van der Waals surface area contributed by atoms with Crippen LogP contribution in [0.3, 0.4) is 0 Å². The Balaban J connectivity index is 2.28. The Kier molecular flexibility index (Phi) is 4.18. The molecule has 94 valence electrons. The van der Waals surface area contributed by atoms with Crippen molar-refractivity contribution in [1.29, 1.82) is 0 Å². The second kappa shape index (κ2) is 5.84. The first kappa shape index (κ1) is 12.1. The molecule has 0 aromatic carbocycles. The highest BCUT2D eigenvalue weighted by Crippen LogP contribution is 2.26. The van der Waals surface area contributed by atoms with Crippen LogP contribution in [0.5, 0.6) is 0 Å². The zero-order valence-corrected chi connectivity index (χ0v) is 10.9. The molecule has 1 fully saturated rings. The Bertz CT molecular complexity index is 358. The van der Waals surface area contributed by atoms with Crippen molar-refractivity contribution in [2.75, 3.05) is 29.9 Å². The average molecular weight is 234 g/mol. The van der Waals surface area contributed by atoms with Crippen molar-refractivity contribution in [3.8, 4) is 0 Å². The molecule has 1 aromatic rings. The van der Waals surface area contributed by atoms with Crippen molar-refractivity contribution >= 4 is 11.6 Å². The van der Waals surface area contributed by atoms with Crippen LogP contribution in [0.25, 0.3) is 0 Å². The smallest absolute Gasteiger partial charge is 0.137 e. The monoisotopic (exact) mass is 234 g/mol. The Labute approximate surface area is 103 Å². The number of nitrogens with one attached hydrogen (secondary N) is 1. The first-order valence-corrected chi connectivity index (χ1v) is 6.69. The van der Waals surface area contributed by atoms with Gasteiger partial charge < -0.3 is 10.2 Å². The minimum absolute atomic E-state index is 0.906. The number of aromatic nitrogens is 2. The molecule has 1 aliphatic rings. The summed E-state index contributed by atoms with van der Waals surface area (Å²) in [5.41, 5.74) is 1.26. The number of hydrogen-bond acceptors (Lipinski definition) is 4. The van der Waals surface area contributed by atoms with Crippen LogP contribution < -0.4 is 10.2 Å². The number of piperidine rings is 1. The van der Waals surface area contributed by atoms with Gasteiger partial charge in [-0.1, -0.05) is 6.92 Å². The molecule has 0 saturated carbocycles. The van der Waals surface area contributed by atoms with Crippen LogP contribution in [0.15, 0.2) is 6.33 Å². The second-order valence-electron chi connectivity index (χ2n) is 4.46. The van der Waals surface area contributed by atoms with E-state index in [9.17, 15) is 0 Å². The summed E-state index contributed by atoms with van der Waals surface area (Å²) in [6.07, 6.45) is 6.58. The summed E-state index contributed by atoms with van der Waals surface area (Å²) in [5.74, 6) is 2.14. The first-order chi connectivity index (χ1) is 8.36. The highest BCUT2D eigenvalue weighted by atomic mass is 15.2. The number of hydrogen-bond donors (Lipinski definition) is 1. The maximum atomic E-state index is 4.49. The van der Waals surface area contributed by atoms with Crippen molar-refractivity contribution in [3.63, 3.8) is 0 Å². The van der Waals surface area contributed by atoms with E-state index < -0.39 is 0 Å². The van der Waals surface area contributed by atoms with Gasteiger partial charge in [0, 0.05) is 25.2 Å². The van der Waals surface area contributed by atoms with Crippen molar-refractivity contribution in [2.45, 2.75) is 39.5 Å². The van der Waals surface area contributed by atoms with E-state index in [1.807, 2.05) is 0 Å². The van der Waals surface area contributed by atoms with Crippen molar-refractivity contribution < 1.29 is 0 Å². The molecule has 1 N–H and O–H groups in total. The van der Waals surface area contributed by atoms with Gasteiger partial charge in [0.05, 0.1) is 0 Å². The first-order valence-electron chi connectivity index (χ1n) is 6.69. The lowest BCUT2D eigenvalue weighted by Gasteiger charge is -2.29. The summed E-state index contributed by atoms with van der Waals surface area (Å²) in [6.45, 7) is 7.45. The molecule has 17 heavy (non-hydrogen) atoms. The highest BCUT2D eigenvalue weighted by Gasteiger charge is 2.17. The third-order valence-electron chi connectivity index (χ3n) is 3.28. The van der Waals surface area contributed by atoms with Crippen molar-refractivity contribution in [2.24, 2.45) is 0 Å². The van der Waals surface area contributed by atoms with Gasteiger partial charge in [-0.3, -0.25) is 0 Å². The SMILES string of the molecule is CCNc1ncnc(N2CCCCC2)c1CC. The van der Waals surface area contributed by atoms with Crippen LogP contribution in [-0.2, 0) is 6.42 Å². The largest absolute Gasteiger partial charge is 0.370 e. The predicted octanol–water partition coefficient (Wildman–Crippen LogP) is 2.46. The molecule has 1 saturated heterocycles. The Hall–Kier alpha value is -1.32. The van der Waals surface area contributed by atoms with E-state index in [0.717, 1.165) is 37.7 Å². The van der Waals surface area contributed by atoms with Crippen LogP contribution >= 0.6 is 0 Å². The van der Waals surface area contributed by atoms with Gasteiger partial charge in [0.1, 0.15) is 18.0 Å². The molecular weight excluding hydrogens is 212 g/mol. The van der Waals surface area contributed by atoms with Crippen LogP contribution in [0.1, 0.15) is 38.7 Å². The predicted molar refractivity (Wildman–Crippen MR) is 71.6 cm³/mol. The normalized spacial score (nSPS) is 16.0. The highest BCUT2D eigenvalue weighted by molar-refractivity contribution is 5.58. The van der Waals surface area contributed by atoms with E-state index in [0.29, 0.717) is 0 Å². The van der Waals surface area contributed by atoms with Gasteiger partial charge in [-0.2, -0.15) is 0 Å². The van der Waals surface area contributed by atoms with Crippen molar-refractivity contribution in [1.82, 2.24) is 9.97 Å². The van der Waals surface area contributed by atoms with E-state index >= 15 is 0 Å². The molecule has 0 unspecified atom stereocenters. The summed E-state index contributed by atoms with van der Waals surface area (Å²) in [6, 6.07) is 0. The molecule has 0 bridgehead atoms. The third kappa shape index (κ3) is 2.68. The zero-order chi connectivity index (χ0) is 12.1. The third-order valence-corrected chi connectivity index (χ3v) is 3.28. The molecule has 4 nitrogen and oxygen atoms in total. The van der Waals surface area contributed by atoms with Crippen LogP contribution in [0.2, 0.25) is 0 Å². The Morgan fingerprint density at radius 1 is 1.18 bits per heavy atom. The van der Waals surface area contributed by atoms with Gasteiger partial charge in [-0.05, 0) is 32.6 Å². The molecule has 0 atom stereocenters. The average Bonchev–Trinajstić information content (AvgIpc) is 2.40. The lowest BCUT2D eigenvalue weighted by atomic mass is 10.1. The number of rotatable bonds is 4. The van der Waals surface area contributed by atoms with Gasteiger partial charge >= 0.3 is 0 Å². The molecule has 4 heteroatoms. The molecule has 0 amide bonds. The summed E-state index contributed by atoms with van der Waals surface area (Å²) < 4.78 is 0. The van der Waals surface area contributed by atoms with E-state index in [1.54, 1.807) is 6.33 Å². The Morgan fingerprint density at radius 2 is 1.94 bits per heavy atom. The fourth-order valence-electron chi connectivity index (χ4n) is 2.43. The lowest BCUT2D eigenvalue weighted by Crippen LogP contribution is -2.31. The molecule has 1 aliphatic heterocycles. The summed E-state index contributed by atoms with van der Waals surface area (Å²) in [4.78, 5) is 11.2. The molecule has 2 rings (SSSR count). The molecular formula is C13H22N4. The van der Waals surface area contributed by atoms with E-state index in [2.05, 4.69) is 34.0 Å². The second-order valence-corrected chi connectivity index (χ2v) is 4.46. The van der Waals surface area contributed by atoms with Crippen LogP contribution in [0.4, 0.5) is 11.6 Å². The van der Waals surface area contributed by atoms with Crippen LogP contribution in [-0.4, -0.2) is 29.6 Å². The van der Waals surface area contributed by atoms with Crippen LogP contribution in [0, 0.1) is 0 Å². The lowest BCUT2D eigenvalue weighted by molar-refractivity contribution is 0.571. The standard InChI is InChI=1S/C13H22N4/c1-3-11-12(14-4-2)15-10-16-13(11)17-8-6-5-7-9-17/h10H,3-9H2,1-2H3,(H,14,15,16). The quantitative estimate of drug-likeness (QED) is 0.869. The minimum atomic E-state index is 0.906. The summed E-state index contributed by atoms with van der Waals surface area (Å²) in [5, 5.41) is 3.33. The van der Waals surface area contributed by atoms with E-state index in [1.165, 1.54) is 24.8 Å².